The summed E-state index contributed by atoms with van der Waals surface area (Å²) in [4.78, 5) is 41.0. The molecule has 2 heterocycles. The number of hydrogen-bond acceptors (Lipinski definition) is 5. The van der Waals surface area contributed by atoms with E-state index in [1.54, 1.807) is 28.9 Å². The molecule has 9 heteroatoms. The molecule has 0 atom stereocenters. The molecular weight excluding hydrogens is 408 g/mol. The average Bonchev–Trinajstić information content (AvgIpc) is 3.17. The van der Waals surface area contributed by atoms with E-state index in [1.165, 1.54) is 24.0 Å². The number of carbonyl (C=O) groups is 2. The van der Waals surface area contributed by atoms with Gasteiger partial charge in [-0.25, -0.2) is 9.67 Å². The van der Waals surface area contributed by atoms with Crippen LogP contribution in [0.5, 0.6) is 0 Å². The van der Waals surface area contributed by atoms with Crippen LogP contribution in [0.4, 0.5) is 11.4 Å². The summed E-state index contributed by atoms with van der Waals surface area (Å²) in [5.74, 6) is -0.601. The van der Waals surface area contributed by atoms with Crippen LogP contribution in [-0.4, -0.2) is 31.1 Å². The molecule has 0 aliphatic rings. The van der Waals surface area contributed by atoms with Gasteiger partial charge in [-0.3, -0.25) is 19.0 Å². The van der Waals surface area contributed by atoms with Gasteiger partial charge in [0.1, 0.15) is 18.3 Å². The Bertz CT molecular complexity index is 1400. The molecule has 9 nitrogen and oxygen atoms in total. The Morgan fingerprint density at radius 3 is 2.47 bits per heavy atom. The quantitative estimate of drug-likeness (QED) is 0.506. The van der Waals surface area contributed by atoms with Gasteiger partial charge in [0, 0.05) is 18.3 Å². The van der Waals surface area contributed by atoms with E-state index in [1.807, 2.05) is 32.0 Å². The number of amides is 2. The van der Waals surface area contributed by atoms with Crippen molar-refractivity contribution in [1.29, 1.82) is 0 Å². The van der Waals surface area contributed by atoms with Crippen LogP contribution in [0.1, 0.15) is 18.1 Å². The Kier molecular flexibility index (Phi) is 5.55. The van der Waals surface area contributed by atoms with Gasteiger partial charge in [0.25, 0.3) is 5.56 Å². The van der Waals surface area contributed by atoms with Crippen LogP contribution < -0.4 is 16.2 Å². The summed E-state index contributed by atoms with van der Waals surface area (Å²) in [6, 6.07) is 12.7. The molecule has 0 aliphatic heterocycles. The van der Waals surface area contributed by atoms with Gasteiger partial charge >= 0.3 is 0 Å². The molecule has 4 rings (SSSR count). The maximum atomic E-state index is 12.9. The summed E-state index contributed by atoms with van der Waals surface area (Å²) in [5, 5.41) is 10.0. The molecule has 2 aromatic carbocycles. The molecule has 0 saturated heterocycles. The fourth-order valence-corrected chi connectivity index (χ4v) is 3.34. The molecule has 0 radical (unpaired) electrons. The van der Waals surface area contributed by atoms with Gasteiger partial charge in [-0.15, -0.1) is 0 Å². The van der Waals surface area contributed by atoms with E-state index in [-0.39, 0.29) is 18.0 Å². The van der Waals surface area contributed by atoms with Crippen molar-refractivity contribution in [3.63, 3.8) is 0 Å². The minimum Gasteiger partial charge on any atom is -0.326 e. The van der Waals surface area contributed by atoms with Crippen LogP contribution in [0.15, 0.2) is 59.8 Å². The maximum absolute atomic E-state index is 12.9. The normalized spacial score (nSPS) is 10.8. The summed E-state index contributed by atoms with van der Waals surface area (Å²) < 4.78 is 2.85. The van der Waals surface area contributed by atoms with E-state index in [0.29, 0.717) is 22.4 Å². The lowest BCUT2D eigenvalue weighted by molar-refractivity contribution is -0.117. The van der Waals surface area contributed by atoms with Gasteiger partial charge in [0.15, 0.2) is 5.65 Å². The zero-order valence-electron chi connectivity index (χ0n) is 17.9. The predicted octanol–water partition coefficient (Wildman–Crippen LogP) is 2.80. The van der Waals surface area contributed by atoms with Crippen molar-refractivity contribution in [3.05, 3.63) is 76.5 Å². The number of benzene rings is 2. The molecule has 0 fully saturated rings. The topological polar surface area (TPSA) is 111 Å². The molecule has 2 amide bonds. The third kappa shape index (κ3) is 4.27. The summed E-state index contributed by atoms with van der Waals surface area (Å²) in [6.07, 6.45) is 2.81. The van der Waals surface area contributed by atoms with Crippen molar-refractivity contribution >= 4 is 34.2 Å². The van der Waals surface area contributed by atoms with Crippen LogP contribution in [0.2, 0.25) is 0 Å². The van der Waals surface area contributed by atoms with E-state index in [4.69, 9.17) is 0 Å². The van der Waals surface area contributed by atoms with Crippen LogP contribution in [0.3, 0.4) is 0 Å². The van der Waals surface area contributed by atoms with Crippen LogP contribution in [0.25, 0.3) is 16.7 Å². The number of aromatic nitrogens is 4. The highest BCUT2D eigenvalue weighted by atomic mass is 16.2. The maximum Gasteiger partial charge on any atom is 0.264 e. The third-order valence-electron chi connectivity index (χ3n) is 5.07. The van der Waals surface area contributed by atoms with Crippen molar-refractivity contribution in [2.45, 2.75) is 27.3 Å². The van der Waals surface area contributed by atoms with Crippen molar-refractivity contribution in [1.82, 2.24) is 19.3 Å². The predicted molar refractivity (Wildman–Crippen MR) is 122 cm³/mol. The van der Waals surface area contributed by atoms with Crippen molar-refractivity contribution in [3.8, 4) is 5.69 Å². The van der Waals surface area contributed by atoms with Gasteiger partial charge in [-0.05, 0) is 55.3 Å². The second-order valence-corrected chi connectivity index (χ2v) is 7.55. The second-order valence-electron chi connectivity index (χ2n) is 7.55. The smallest absolute Gasteiger partial charge is 0.264 e. The van der Waals surface area contributed by atoms with E-state index >= 15 is 0 Å². The number of nitrogens with zero attached hydrogens (tertiary/aromatic N) is 4. The molecule has 0 bridgehead atoms. The lowest BCUT2D eigenvalue weighted by Crippen LogP contribution is -2.27. The summed E-state index contributed by atoms with van der Waals surface area (Å²) in [5.41, 5.74) is 4.22. The van der Waals surface area contributed by atoms with Gasteiger partial charge in [0.05, 0.1) is 11.9 Å². The Morgan fingerprint density at radius 1 is 1.00 bits per heavy atom. The van der Waals surface area contributed by atoms with Gasteiger partial charge < -0.3 is 10.6 Å². The van der Waals surface area contributed by atoms with Crippen LogP contribution in [0, 0.1) is 13.8 Å². The summed E-state index contributed by atoms with van der Waals surface area (Å²) in [6.45, 7) is 5.23. The third-order valence-corrected chi connectivity index (χ3v) is 5.07. The molecule has 0 aliphatic carbocycles. The highest BCUT2D eigenvalue weighted by Gasteiger charge is 2.14. The van der Waals surface area contributed by atoms with E-state index in [0.717, 1.165) is 16.8 Å². The zero-order chi connectivity index (χ0) is 22.8. The molecule has 4 aromatic rings. The Morgan fingerprint density at radius 2 is 1.75 bits per heavy atom. The summed E-state index contributed by atoms with van der Waals surface area (Å²) in [7, 11) is 0. The average molecular weight is 430 g/mol. The number of fused-ring (bicyclic) bond motifs is 1. The van der Waals surface area contributed by atoms with Gasteiger partial charge in [0.2, 0.25) is 11.8 Å². The van der Waals surface area contributed by atoms with Crippen molar-refractivity contribution in [2.24, 2.45) is 0 Å². The lowest BCUT2D eigenvalue weighted by atomic mass is 10.1. The molecule has 0 unspecified atom stereocenters. The SMILES string of the molecule is CC(=O)Nc1cccc(NC(=O)Cn2cnc3c(cnn3-c3ccc(C)c(C)c3)c2=O)c1. The fourth-order valence-electron chi connectivity index (χ4n) is 3.34. The molecule has 0 spiro atoms. The first-order valence-corrected chi connectivity index (χ1v) is 10.00. The molecule has 2 N–H and O–H groups in total. The van der Waals surface area contributed by atoms with E-state index in [9.17, 15) is 14.4 Å². The number of nitrogens with one attached hydrogen (secondary N) is 2. The van der Waals surface area contributed by atoms with Crippen LogP contribution >= 0.6 is 0 Å². The monoisotopic (exact) mass is 430 g/mol. The minimum absolute atomic E-state index is 0.207. The number of rotatable bonds is 5. The highest BCUT2D eigenvalue weighted by molar-refractivity contribution is 5.93. The zero-order valence-corrected chi connectivity index (χ0v) is 17.9. The Labute approximate surface area is 183 Å². The fraction of sp³-hybridized carbons (Fsp3) is 0.174. The lowest BCUT2D eigenvalue weighted by Gasteiger charge is -2.09. The van der Waals surface area contributed by atoms with Crippen molar-refractivity contribution < 1.29 is 9.59 Å². The van der Waals surface area contributed by atoms with E-state index in [2.05, 4.69) is 20.7 Å². The minimum atomic E-state index is -0.394. The first-order valence-electron chi connectivity index (χ1n) is 10.00. The van der Waals surface area contributed by atoms with Gasteiger partial charge in [-0.2, -0.15) is 5.10 Å². The Balaban J connectivity index is 1.56. The standard InChI is InChI=1S/C23H22N6O3/c1-14-7-8-19(9-15(14)2)29-22-20(11-25-29)23(32)28(13-24-22)12-21(31)27-18-6-4-5-17(10-18)26-16(3)30/h4-11,13H,12H2,1-3H3,(H,26,30)(H,27,31). The largest absolute Gasteiger partial charge is 0.326 e. The molecule has 2 aromatic heterocycles. The Hall–Kier alpha value is -4.27. The molecular formula is C23H22N6O3. The van der Waals surface area contributed by atoms with Crippen molar-refractivity contribution in [2.75, 3.05) is 10.6 Å². The molecule has 32 heavy (non-hydrogen) atoms. The number of hydrogen-bond donors (Lipinski definition) is 2. The van der Waals surface area contributed by atoms with E-state index < -0.39 is 5.91 Å². The molecule has 162 valence electrons. The second kappa shape index (κ2) is 8.46. The first kappa shape index (κ1) is 21.0. The number of anilines is 2. The van der Waals surface area contributed by atoms with Crippen LogP contribution in [-0.2, 0) is 16.1 Å². The number of carbonyl (C=O) groups excluding carboxylic acids is 2. The highest BCUT2D eigenvalue weighted by Crippen LogP contribution is 2.18. The van der Waals surface area contributed by atoms with Gasteiger partial charge in [-0.1, -0.05) is 12.1 Å². The first-order chi connectivity index (χ1) is 15.3. The molecule has 0 saturated carbocycles. The summed E-state index contributed by atoms with van der Waals surface area (Å²) >= 11 is 0. The number of aryl methyl sites for hydroxylation is 2.